The molecule has 0 N–H and O–H groups in total. The van der Waals surface area contributed by atoms with Gasteiger partial charge in [-0.3, -0.25) is 14.5 Å². The van der Waals surface area contributed by atoms with Crippen LogP contribution in [0.25, 0.3) is 5.57 Å². The standard InChI is InChI=1S/C16H12N2O6S2/c19-10(20)5-6-17-15(24)13(26-16(17)25)12-8-3-1-2-4-9(8)18(14(12)23)7-11(21)22/h1-4H,5-7H2,(H,19,20)(H,21,22)/p-2/b13-12-. The lowest BCUT2D eigenvalue weighted by Crippen LogP contribution is -2.39. The van der Waals surface area contributed by atoms with Crippen molar-refractivity contribution in [2.45, 2.75) is 6.42 Å². The van der Waals surface area contributed by atoms with E-state index in [1.807, 2.05) is 0 Å². The first-order chi connectivity index (χ1) is 12.3. The van der Waals surface area contributed by atoms with Gasteiger partial charge < -0.3 is 24.7 Å². The highest BCUT2D eigenvalue weighted by molar-refractivity contribution is 8.26. The Bertz CT molecular complexity index is 894. The Morgan fingerprint density at radius 2 is 1.73 bits per heavy atom. The lowest BCUT2D eigenvalue weighted by molar-refractivity contribution is -0.306. The minimum absolute atomic E-state index is 0.0478. The molecule has 1 aromatic rings. The van der Waals surface area contributed by atoms with E-state index in [2.05, 4.69) is 0 Å². The summed E-state index contributed by atoms with van der Waals surface area (Å²) in [6.07, 6.45) is -0.392. The van der Waals surface area contributed by atoms with E-state index >= 15 is 0 Å². The summed E-state index contributed by atoms with van der Waals surface area (Å²) in [6.45, 7) is -0.813. The fourth-order valence-corrected chi connectivity index (χ4v) is 4.11. The van der Waals surface area contributed by atoms with E-state index in [4.69, 9.17) is 12.2 Å². The quantitative estimate of drug-likeness (QED) is 0.440. The number of fused-ring (bicyclic) bond motifs is 1. The van der Waals surface area contributed by atoms with E-state index in [-0.39, 0.29) is 21.3 Å². The highest BCUT2D eigenvalue weighted by Crippen LogP contribution is 2.44. The molecule has 1 saturated heterocycles. The molecule has 0 atom stereocenters. The zero-order valence-corrected chi connectivity index (χ0v) is 14.7. The van der Waals surface area contributed by atoms with Gasteiger partial charge in [0.1, 0.15) is 4.32 Å². The number of benzene rings is 1. The van der Waals surface area contributed by atoms with Crippen LogP contribution in [0.2, 0.25) is 0 Å². The van der Waals surface area contributed by atoms with Crippen molar-refractivity contribution < 1.29 is 29.4 Å². The van der Waals surface area contributed by atoms with Crippen LogP contribution in [0.1, 0.15) is 12.0 Å². The van der Waals surface area contributed by atoms with Crippen molar-refractivity contribution in [1.82, 2.24) is 4.90 Å². The van der Waals surface area contributed by atoms with Gasteiger partial charge in [-0.25, -0.2) is 0 Å². The molecule has 2 heterocycles. The molecule has 0 radical (unpaired) electrons. The summed E-state index contributed by atoms with van der Waals surface area (Å²) in [5, 5.41) is 21.6. The average molecular weight is 390 g/mol. The van der Waals surface area contributed by atoms with Gasteiger partial charge in [0.2, 0.25) is 0 Å². The fraction of sp³-hybridized carbons (Fsp3) is 0.188. The molecule has 0 aromatic heterocycles. The summed E-state index contributed by atoms with van der Waals surface area (Å²) in [6, 6.07) is 6.47. The Labute approximate surface area is 157 Å². The Hall–Kier alpha value is -2.72. The molecule has 0 saturated carbocycles. The summed E-state index contributed by atoms with van der Waals surface area (Å²) in [7, 11) is 0. The summed E-state index contributed by atoms with van der Waals surface area (Å²) >= 11 is 5.99. The Morgan fingerprint density at radius 3 is 2.38 bits per heavy atom. The lowest BCUT2D eigenvalue weighted by Gasteiger charge is -2.17. The number of nitrogens with zero attached hydrogens (tertiary/aromatic N) is 2. The molecule has 2 aliphatic rings. The van der Waals surface area contributed by atoms with Crippen LogP contribution in [0.15, 0.2) is 29.2 Å². The highest BCUT2D eigenvalue weighted by atomic mass is 32.2. The number of thioether (sulfide) groups is 1. The van der Waals surface area contributed by atoms with Crippen molar-refractivity contribution in [3.63, 3.8) is 0 Å². The number of amides is 2. The summed E-state index contributed by atoms with van der Waals surface area (Å²) in [5.41, 5.74) is 0.825. The molecule has 0 spiro atoms. The third-order valence-corrected chi connectivity index (χ3v) is 5.27. The van der Waals surface area contributed by atoms with Crippen LogP contribution in [0.5, 0.6) is 0 Å². The van der Waals surface area contributed by atoms with Crippen LogP contribution < -0.4 is 15.1 Å². The van der Waals surface area contributed by atoms with E-state index in [0.717, 1.165) is 21.6 Å². The van der Waals surface area contributed by atoms with Crippen molar-refractivity contribution in [2.24, 2.45) is 0 Å². The summed E-state index contributed by atoms with van der Waals surface area (Å²) < 4.78 is 0.127. The van der Waals surface area contributed by atoms with Gasteiger partial charge in [0.05, 0.1) is 28.7 Å². The van der Waals surface area contributed by atoms with Crippen LogP contribution in [-0.2, 0) is 19.2 Å². The number of carbonyl (C=O) groups excluding carboxylic acids is 4. The summed E-state index contributed by atoms with van der Waals surface area (Å²) in [4.78, 5) is 49.2. The molecule has 26 heavy (non-hydrogen) atoms. The van der Waals surface area contributed by atoms with Crippen molar-refractivity contribution >= 4 is 63.3 Å². The Morgan fingerprint density at radius 1 is 1.04 bits per heavy atom. The topological polar surface area (TPSA) is 121 Å². The molecule has 10 heteroatoms. The molecule has 0 unspecified atom stereocenters. The number of rotatable bonds is 5. The van der Waals surface area contributed by atoms with Crippen molar-refractivity contribution in [2.75, 3.05) is 18.0 Å². The number of carboxylic acid groups (broad SMARTS) is 2. The molecular formula is C16H10N2O6S2-2. The van der Waals surface area contributed by atoms with E-state index in [0.29, 0.717) is 11.3 Å². The fourth-order valence-electron chi connectivity index (χ4n) is 2.73. The molecule has 8 nitrogen and oxygen atoms in total. The van der Waals surface area contributed by atoms with Crippen molar-refractivity contribution in [3.05, 3.63) is 34.7 Å². The zero-order valence-electron chi connectivity index (χ0n) is 13.1. The minimum Gasteiger partial charge on any atom is -0.550 e. The Kier molecular flexibility index (Phi) is 4.79. The number of anilines is 1. The number of carbonyl (C=O) groups is 4. The number of hydrogen-bond donors (Lipinski definition) is 0. The van der Waals surface area contributed by atoms with Crippen LogP contribution in [0.4, 0.5) is 5.69 Å². The second kappa shape index (κ2) is 6.89. The molecule has 3 rings (SSSR count). The van der Waals surface area contributed by atoms with E-state index in [9.17, 15) is 29.4 Å². The molecule has 1 fully saturated rings. The highest BCUT2D eigenvalue weighted by Gasteiger charge is 2.41. The molecule has 0 aliphatic carbocycles. The largest absolute Gasteiger partial charge is 0.550 e. The molecule has 1 aromatic carbocycles. The van der Waals surface area contributed by atoms with Crippen LogP contribution in [0, 0.1) is 0 Å². The van der Waals surface area contributed by atoms with Crippen LogP contribution >= 0.6 is 24.0 Å². The number of hydrogen-bond acceptors (Lipinski definition) is 8. The summed E-state index contributed by atoms with van der Waals surface area (Å²) in [5.74, 6) is -3.99. The first-order valence-corrected chi connectivity index (χ1v) is 8.62. The zero-order chi connectivity index (χ0) is 19.0. The molecule has 2 aliphatic heterocycles. The molecule has 134 valence electrons. The number of para-hydroxylation sites is 1. The van der Waals surface area contributed by atoms with Gasteiger partial charge in [0.15, 0.2) is 0 Å². The predicted molar refractivity (Wildman–Crippen MR) is 92.2 cm³/mol. The third kappa shape index (κ3) is 3.08. The first-order valence-electron chi connectivity index (χ1n) is 7.40. The minimum atomic E-state index is -1.43. The van der Waals surface area contributed by atoms with E-state index < -0.39 is 36.7 Å². The van der Waals surface area contributed by atoms with E-state index in [1.165, 1.54) is 0 Å². The maximum absolute atomic E-state index is 12.8. The number of carboxylic acids is 2. The number of thiocarbonyl (C=S) groups is 1. The first kappa shape index (κ1) is 18.1. The second-order valence-corrected chi connectivity index (χ2v) is 7.08. The van der Waals surface area contributed by atoms with Crippen molar-refractivity contribution in [3.8, 4) is 0 Å². The normalized spacial score (nSPS) is 19.3. The van der Waals surface area contributed by atoms with E-state index in [1.54, 1.807) is 24.3 Å². The van der Waals surface area contributed by atoms with Gasteiger partial charge in [-0.05, 0) is 6.07 Å². The maximum Gasteiger partial charge on any atom is 0.267 e. The second-order valence-electron chi connectivity index (χ2n) is 5.43. The predicted octanol–water partition coefficient (Wildman–Crippen LogP) is -1.51. The van der Waals surface area contributed by atoms with Crippen molar-refractivity contribution in [1.29, 1.82) is 0 Å². The smallest absolute Gasteiger partial charge is 0.267 e. The van der Waals surface area contributed by atoms with Gasteiger partial charge in [-0.15, -0.1) is 0 Å². The molecule has 0 bridgehead atoms. The van der Waals surface area contributed by atoms with Gasteiger partial charge in [0, 0.05) is 24.5 Å². The SMILES string of the molecule is O=C([O-])CCN1C(=O)/C(=C2/C(=O)N(CC(=O)[O-])c3ccccc32)SC1=S. The molecular weight excluding hydrogens is 380 g/mol. The van der Waals surface area contributed by atoms with Gasteiger partial charge in [-0.1, -0.05) is 42.2 Å². The van der Waals surface area contributed by atoms with Gasteiger partial charge in [0.25, 0.3) is 11.8 Å². The number of aliphatic carboxylic acids is 2. The average Bonchev–Trinajstić information content (AvgIpc) is 3.00. The lowest BCUT2D eigenvalue weighted by atomic mass is 10.1. The Balaban J connectivity index is 2.04. The van der Waals surface area contributed by atoms with Gasteiger partial charge in [-0.2, -0.15) is 0 Å². The van der Waals surface area contributed by atoms with Crippen LogP contribution in [0.3, 0.4) is 0 Å². The third-order valence-electron chi connectivity index (χ3n) is 3.83. The molecule has 2 amide bonds. The van der Waals surface area contributed by atoms with Crippen LogP contribution in [-0.4, -0.2) is 46.1 Å². The van der Waals surface area contributed by atoms with Gasteiger partial charge >= 0.3 is 0 Å². The monoisotopic (exact) mass is 390 g/mol. The maximum atomic E-state index is 12.8.